The van der Waals surface area contributed by atoms with Crippen LogP contribution in [-0.4, -0.2) is 0 Å². The molecule has 26 heavy (non-hydrogen) atoms. The molecular formula is C25H20S. The zero-order valence-electron chi connectivity index (χ0n) is 14.8. The average Bonchev–Trinajstić information content (AvgIpc) is 3.34. The minimum absolute atomic E-state index is 1.04. The summed E-state index contributed by atoms with van der Waals surface area (Å²) in [5, 5.41) is 2.63. The van der Waals surface area contributed by atoms with Gasteiger partial charge in [-0.3, -0.25) is 0 Å². The Morgan fingerprint density at radius 2 is 1.62 bits per heavy atom. The van der Waals surface area contributed by atoms with Crippen molar-refractivity contribution in [1.29, 1.82) is 0 Å². The van der Waals surface area contributed by atoms with Crippen molar-refractivity contribution in [3.05, 3.63) is 93.7 Å². The second-order valence-corrected chi connectivity index (χ2v) is 8.04. The van der Waals surface area contributed by atoms with E-state index in [1.54, 1.807) is 0 Å². The van der Waals surface area contributed by atoms with Crippen LogP contribution in [0.3, 0.4) is 0 Å². The molecule has 0 bridgehead atoms. The first-order valence-electron chi connectivity index (χ1n) is 9.23. The predicted molar refractivity (Wildman–Crippen MR) is 115 cm³/mol. The number of hydrogen-bond donors (Lipinski definition) is 0. The number of allylic oxidation sites excluding steroid dienone is 1. The molecule has 1 heterocycles. The van der Waals surface area contributed by atoms with Gasteiger partial charge in [0.15, 0.2) is 0 Å². The Labute approximate surface area is 158 Å². The van der Waals surface area contributed by atoms with Crippen molar-refractivity contribution in [2.45, 2.75) is 19.8 Å². The van der Waals surface area contributed by atoms with Gasteiger partial charge in [0.1, 0.15) is 0 Å². The van der Waals surface area contributed by atoms with E-state index >= 15 is 0 Å². The van der Waals surface area contributed by atoms with E-state index in [0.717, 1.165) is 12.8 Å². The third-order valence-corrected chi connectivity index (χ3v) is 6.61. The lowest BCUT2D eigenvalue weighted by molar-refractivity contribution is 1.19. The highest BCUT2D eigenvalue weighted by Crippen LogP contribution is 2.41. The van der Waals surface area contributed by atoms with Gasteiger partial charge in [0.25, 0.3) is 0 Å². The Morgan fingerprint density at radius 1 is 0.808 bits per heavy atom. The average molecular weight is 353 g/mol. The Hall–Kier alpha value is -2.64. The van der Waals surface area contributed by atoms with Gasteiger partial charge in [0.05, 0.1) is 0 Å². The minimum atomic E-state index is 1.04. The topological polar surface area (TPSA) is 0 Å². The van der Waals surface area contributed by atoms with E-state index in [4.69, 9.17) is 0 Å². The molecule has 0 atom stereocenters. The molecule has 0 radical (unpaired) electrons. The van der Waals surface area contributed by atoms with Crippen LogP contribution in [0, 0.1) is 0 Å². The number of thiophene rings is 1. The lowest BCUT2D eigenvalue weighted by Crippen LogP contribution is -1.88. The summed E-state index contributed by atoms with van der Waals surface area (Å²) in [4.78, 5) is 2.88. The third-order valence-electron chi connectivity index (χ3n) is 5.30. The predicted octanol–water partition coefficient (Wildman–Crippen LogP) is 7.23. The van der Waals surface area contributed by atoms with E-state index in [9.17, 15) is 0 Å². The highest BCUT2D eigenvalue weighted by atomic mass is 32.1. The van der Waals surface area contributed by atoms with Crippen LogP contribution >= 0.6 is 11.3 Å². The van der Waals surface area contributed by atoms with Crippen molar-refractivity contribution < 1.29 is 0 Å². The Morgan fingerprint density at radius 3 is 2.50 bits per heavy atom. The summed E-state index contributed by atoms with van der Waals surface area (Å²) in [7, 11) is 0. The van der Waals surface area contributed by atoms with Crippen LogP contribution in [0.2, 0.25) is 0 Å². The molecule has 0 fully saturated rings. The van der Waals surface area contributed by atoms with E-state index in [2.05, 4.69) is 85.8 Å². The number of fused-ring (bicyclic) bond motifs is 2. The number of hydrogen-bond acceptors (Lipinski definition) is 1. The fraction of sp³-hybridized carbons (Fsp3) is 0.120. The standard InChI is InChI=1S/C25H20S/c1-2-20-13-14-25(26-20)19-15-18-9-6-12-23(24(18)16-19)22-11-5-8-17-7-3-4-10-21(17)22/h3-14,16H,2,15H2,1H3. The van der Waals surface area contributed by atoms with Crippen molar-refractivity contribution in [2.24, 2.45) is 0 Å². The fourth-order valence-electron chi connectivity index (χ4n) is 3.96. The maximum atomic E-state index is 2.41. The summed E-state index contributed by atoms with van der Waals surface area (Å²) >= 11 is 1.94. The molecule has 1 aliphatic carbocycles. The maximum absolute atomic E-state index is 2.41. The van der Waals surface area contributed by atoms with E-state index in [1.807, 2.05) is 11.3 Å². The van der Waals surface area contributed by atoms with Crippen LogP contribution in [-0.2, 0) is 12.8 Å². The number of aryl methyl sites for hydroxylation is 1. The first-order valence-corrected chi connectivity index (χ1v) is 10.0. The molecule has 0 nitrogen and oxygen atoms in total. The largest absolute Gasteiger partial charge is 0.141 e. The first-order chi connectivity index (χ1) is 12.8. The van der Waals surface area contributed by atoms with Crippen LogP contribution in [0.5, 0.6) is 0 Å². The van der Waals surface area contributed by atoms with Crippen molar-refractivity contribution >= 4 is 33.8 Å². The van der Waals surface area contributed by atoms with Gasteiger partial charge >= 0.3 is 0 Å². The Bertz CT molecular complexity index is 1140. The van der Waals surface area contributed by atoms with Gasteiger partial charge in [0, 0.05) is 9.75 Å². The van der Waals surface area contributed by atoms with Gasteiger partial charge < -0.3 is 0 Å². The zero-order chi connectivity index (χ0) is 17.5. The van der Waals surface area contributed by atoms with E-state index < -0.39 is 0 Å². The molecule has 1 heteroatoms. The normalized spacial score (nSPS) is 13.0. The molecule has 1 aromatic heterocycles. The number of rotatable bonds is 3. The summed E-state index contributed by atoms with van der Waals surface area (Å²) < 4.78 is 0. The van der Waals surface area contributed by atoms with Crippen molar-refractivity contribution in [2.75, 3.05) is 0 Å². The fourth-order valence-corrected chi connectivity index (χ4v) is 4.92. The molecule has 0 saturated carbocycles. The molecule has 5 rings (SSSR count). The van der Waals surface area contributed by atoms with E-state index in [1.165, 1.54) is 48.4 Å². The second-order valence-electron chi connectivity index (χ2n) is 6.87. The summed E-state index contributed by atoms with van der Waals surface area (Å²) in [5.74, 6) is 0. The van der Waals surface area contributed by atoms with Crippen molar-refractivity contribution in [3.8, 4) is 11.1 Å². The monoisotopic (exact) mass is 352 g/mol. The quantitative estimate of drug-likeness (QED) is 0.365. The third kappa shape index (κ3) is 2.51. The lowest BCUT2D eigenvalue weighted by Gasteiger charge is -2.11. The molecule has 3 aromatic carbocycles. The van der Waals surface area contributed by atoms with E-state index in [-0.39, 0.29) is 0 Å². The SMILES string of the molecule is CCc1ccc(C2=Cc3c(cccc3-c3cccc4ccccc34)C2)s1. The smallest absolute Gasteiger partial charge is 0.0308 e. The summed E-state index contributed by atoms with van der Waals surface area (Å²) in [5.41, 5.74) is 6.97. The van der Waals surface area contributed by atoms with Crippen LogP contribution in [0.15, 0.2) is 72.8 Å². The molecule has 126 valence electrons. The molecule has 0 saturated heterocycles. The molecule has 4 aromatic rings. The molecule has 0 unspecified atom stereocenters. The van der Waals surface area contributed by atoms with Gasteiger partial charge in [-0.1, -0.05) is 67.6 Å². The zero-order valence-corrected chi connectivity index (χ0v) is 15.6. The highest BCUT2D eigenvalue weighted by molar-refractivity contribution is 7.13. The van der Waals surface area contributed by atoms with Gasteiger partial charge in [-0.15, -0.1) is 11.3 Å². The molecule has 0 spiro atoms. The van der Waals surface area contributed by atoms with Crippen LogP contribution in [0.4, 0.5) is 0 Å². The Balaban J connectivity index is 1.66. The summed E-state index contributed by atoms with van der Waals surface area (Å²) in [6.07, 6.45) is 4.57. The summed E-state index contributed by atoms with van der Waals surface area (Å²) in [6.45, 7) is 2.23. The molecule has 0 N–H and O–H groups in total. The van der Waals surface area contributed by atoms with Crippen molar-refractivity contribution in [3.63, 3.8) is 0 Å². The molecule has 0 aliphatic heterocycles. The molecule has 1 aliphatic rings. The highest BCUT2D eigenvalue weighted by Gasteiger charge is 2.19. The van der Waals surface area contributed by atoms with E-state index in [0.29, 0.717) is 0 Å². The lowest BCUT2D eigenvalue weighted by atomic mass is 9.93. The van der Waals surface area contributed by atoms with Crippen molar-refractivity contribution in [1.82, 2.24) is 0 Å². The van der Waals surface area contributed by atoms with Crippen LogP contribution < -0.4 is 0 Å². The minimum Gasteiger partial charge on any atom is -0.141 e. The molecule has 0 amide bonds. The van der Waals surface area contributed by atoms with Gasteiger partial charge in [-0.2, -0.15) is 0 Å². The molecular weight excluding hydrogens is 332 g/mol. The maximum Gasteiger partial charge on any atom is 0.0308 e. The Kier molecular flexibility index (Phi) is 3.76. The first kappa shape index (κ1) is 15.6. The second kappa shape index (κ2) is 6.26. The van der Waals surface area contributed by atoms with Crippen LogP contribution in [0.1, 0.15) is 27.8 Å². The van der Waals surface area contributed by atoms with Gasteiger partial charge in [-0.25, -0.2) is 0 Å². The summed E-state index contributed by atoms with van der Waals surface area (Å²) in [6, 6.07) is 26.6. The van der Waals surface area contributed by atoms with Gasteiger partial charge in [0.2, 0.25) is 0 Å². The van der Waals surface area contributed by atoms with Gasteiger partial charge in [-0.05, 0) is 69.6 Å². The number of benzene rings is 3. The van der Waals surface area contributed by atoms with Crippen LogP contribution in [0.25, 0.3) is 33.5 Å².